The zero-order valence-electron chi connectivity index (χ0n) is 49.6. The molecule has 6 heteroatoms. The molecule has 0 saturated heterocycles. The molecule has 17 aromatic rings. The van der Waals surface area contributed by atoms with Crippen molar-refractivity contribution in [1.82, 2.24) is 8.80 Å². The number of nitrogens with zero attached hydrogens (tertiary/aromatic N) is 4. The third-order valence-corrected chi connectivity index (χ3v) is 23.0. The van der Waals surface area contributed by atoms with Gasteiger partial charge in [-0.1, -0.05) is 242 Å². The fourth-order valence-corrected chi connectivity index (χ4v) is 19.7. The summed E-state index contributed by atoms with van der Waals surface area (Å²) in [6.07, 6.45) is 0. The summed E-state index contributed by atoms with van der Waals surface area (Å²) in [5, 5.41) is 4.99. The van der Waals surface area contributed by atoms with Gasteiger partial charge in [-0.2, -0.15) is 0 Å². The van der Waals surface area contributed by atoms with Crippen LogP contribution in [0, 0.1) is 0 Å². The minimum Gasteiger partial charge on any atom is -0.310 e. The largest absolute Gasteiger partial charge is 0.310 e. The van der Waals surface area contributed by atoms with Crippen molar-refractivity contribution < 1.29 is 0 Å². The first kappa shape index (κ1) is 50.8. The van der Waals surface area contributed by atoms with Crippen molar-refractivity contribution in [1.29, 1.82) is 0 Å². The van der Waals surface area contributed by atoms with Gasteiger partial charge in [-0.05, 0) is 164 Å². The van der Waals surface area contributed by atoms with Crippen LogP contribution in [0.15, 0.2) is 335 Å². The molecule has 0 saturated carbocycles. The molecule has 14 aromatic carbocycles. The molecule has 21 rings (SSSR count). The molecule has 0 fully saturated rings. The van der Waals surface area contributed by atoms with Crippen molar-refractivity contribution in [3.05, 3.63) is 360 Å². The van der Waals surface area contributed by atoms with E-state index < -0.39 is 10.8 Å². The van der Waals surface area contributed by atoms with Gasteiger partial charge in [0.2, 0.25) is 0 Å². The van der Waals surface area contributed by atoms with Gasteiger partial charge in [0.25, 0.3) is 0 Å². The molecular weight excluding hydrogens is 1150 g/mol. The number of benzene rings is 14. The van der Waals surface area contributed by atoms with Crippen molar-refractivity contribution in [2.45, 2.75) is 30.4 Å². The Kier molecular flexibility index (Phi) is 10.4. The van der Waals surface area contributed by atoms with E-state index in [9.17, 15) is 0 Å². The van der Waals surface area contributed by atoms with E-state index in [0.717, 1.165) is 11.4 Å². The lowest BCUT2D eigenvalue weighted by Crippen LogP contribution is -2.39. The van der Waals surface area contributed by atoms with E-state index in [0.29, 0.717) is 0 Å². The third kappa shape index (κ3) is 6.44. The van der Waals surface area contributed by atoms with Crippen molar-refractivity contribution in [3.8, 4) is 22.3 Å². The monoisotopic (exact) mass is 1200 g/mol. The Hall–Kier alpha value is -11.0. The van der Waals surface area contributed by atoms with Crippen LogP contribution in [-0.2, 0) is 10.8 Å². The number of hydrogen-bond acceptors (Lipinski definition) is 4. The summed E-state index contributed by atoms with van der Waals surface area (Å²) in [5.74, 6) is 0. The Balaban J connectivity index is 0.704. The lowest BCUT2D eigenvalue weighted by atomic mass is 9.62. The molecule has 92 heavy (non-hydrogen) atoms. The maximum absolute atomic E-state index is 2.56. The quantitative estimate of drug-likeness (QED) is 0.163. The van der Waals surface area contributed by atoms with Gasteiger partial charge in [0.15, 0.2) is 0 Å². The van der Waals surface area contributed by atoms with Gasteiger partial charge in [0, 0.05) is 52.5 Å². The maximum atomic E-state index is 2.56. The van der Waals surface area contributed by atoms with Crippen LogP contribution < -0.4 is 9.80 Å². The van der Waals surface area contributed by atoms with E-state index in [-0.39, 0.29) is 0 Å². The molecule has 0 amide bonds. The highest BCUT2D eigenvalue weighted by molar-refractivity contribution is 7.99. The Bertz CT molecular complexity index is 5440. The van der Waals surface area contributed by atoms with E-state index >= 15 is 0 Å². The predicted molar refractivity (Wildman–Crippen MR) is 382 cm³/mol. The van der Waals surface area contributed by atoms with Gasteiger partial charge in [0.1, 0.15) is 0 Å². The van der Waals surface area contributed by atoms with E-state index in [2.05, 4.69) is 334 Å². The second-order valence-electron chi connectivity index (χ2n) is 24.9. The third-order valence-electron chi connectivity index (χ3n) is 20.7. The molecule has 0 atom stereocenters. The summed E-state index contributed by atoms with van der Waals surface area (Å²) in [7, 11) is 0. The highest BCUT2D eigenvalue weighted by atomic mass is 32.2. The van der Waals surface area contributed by atoms with Crippen molar-refractivity contribution >= 4 is 112 Å². The molecule has 0 aliphatic carbocycles. The molecule has 2 spiro atoms. The molecule has 7 heterocycles. The second kappa shape index (κ2) is 18.8. The zero-order valence-corrected chi connectivity index (χ0v) is 51.3. The summed E-state index contributed by atoms with van der Waals surface area (Å²) < 4.78 is 5.12. The van der Waals surface area contributed by atoms with Crippen LogP contribution in [0.4, 0.5) is 34.1 Å². The van der Waals surface area contributed by atoms with Gasteiger partial charge in [-0.25, -0.2) is 0 Å². The number of hydrogen-bond donors (Lipinski definition) is 0. The van der Waals surface area contributed by atoms with E-state index in [1.807, 2.05) is 23.5 Å². The van der Waals surface area contributed by atoms with Gasteiger partial charge in [-0.3, -0.25) is 0 Å². The molecule has 3 aromatic heterocycles. The highest BCUT2D eigenvalue weighted by Crippen LogP contribution is 2.65. The fourth-order valence-electron chi connectivity index (χ4n) is 17.3. The van der Waals surface area contributed by atoms with Crippen LogP contribution in [0.1, 0.15) is 44.5 Å². The molecule has 0 bridgehead atoms. The Morgan fingerprint density at radius 1 is 0.228 bits per heavy atom. The minimum absolute atomic E-state index is 0.492. The van der Waals surface area contributed by atoms with Crippen molar-refractivity contribution in [3.63, 3.8) is 0 Å². The predicted octanol–water partition coefficient (Wildman–Crippen LogP) is 22.8. The zero-order chi connectivity index (χ0) is 60.0. The second-order valence-corrected chi connectivity index (χ2v) is 27.1. The summed E-state index contributed by atoms with van der Waals surface area (Å²) in [5.41, 5.74) is 28.5. The lowest BCUT2D eigenvalue weighted by Gasteiger charge is -2.49. The molecule has 0 radical (unpaired) electrons. The Morgan fingerprint density at radius 3 is 0.848 bits per heavy atom. The molecule has 4 nitrogen and oxygen atoms in total. The number of anilines is 6. The Labute approximate surface area is 539 Å². The van der Waals surface area contributed by atoms with Gasteiger partial charge in [-0.15, -0.1) is 0 Å². The van der Waals surface area contributed by atoms with Gasteiger partial charge in [0.05, 0.1) is 66.7 Å². The highest BCUT2D eigenvalue weighted by Gasteiger charge is 2.52. The summed E-state index contributed by atoms with van der Waals surface area (Å²) in [4.78, 5) is 10.2. The molecule has 428 valence electrons. The Morgan fingerprint density at radius 2 is 0.511 bits per heavy atom. The molecule has 0 unspecified atom stereocenters. The number of aromatic nitrogens is 2. The SMILES string of the molecule is c1ccc2c(c1)Sc1ccccc1C21c2ccccc2N(c2ccc(-c3ccc4c5c3c3ccccc3n5c3ccc(-c5ccc(N6c7ccccc7C7(c8ccccc8Sc8ccccc87)c7ccccc76)cc5)c5c6ccccc6n4c53)cc2)c2ccccc21. The fraction of sp³-hybridized carbons (Fsp3) is 0.0233. The number of para-hydroxylation sites is 6. The summed E-state index contributed by atoms with van der Waals surface area (Å²) in [6, 6.07) is 119. The smallest absolute Gasteiger partial charge is 0.0789 e. The standard InChI is InChI=1S/C86H52N4S2/c1-11-31-69-59(21-1)81-57(53-41-45-55(46-42-53)87-71-33-13-3-23-61(71)85(62-24-4-14-34-72(62)87)65-27-7-17-37-77(65)91-78-38-18-8-28-66(78)85)49-51-75-83(81)89(69)76-52-50-58(82-60-22-2-12-32-70(60)90(75)84(76)82)54-43-47-56(48-44-54)88-73-35-15-5-25-63(73)86(64-26-6-16-36-74(64)88)67-29-9-19-39-79(67)92-80-40-20-10-30-68(80)86/h1-52H. The van der Waals surface area contributed by atoms with Crippen LogP contribution in [0.3, 0.4) is 0 Å². The van der Waals surface area contributed by atoms with Crippen LogP contribution in [-0.4, -0.2) is 8.80 Å². The first-order chi connectivity index (χ1) is 45.7. The summed E-state index contributed by atoms with van der Waals surface area (Å²) >= 11 is 3.77. The lowest BCUT2D eigenvalue weighted by molar-refractivity contribution is 0.692. The number of fused-ring (bicyclic) bond motifs is 24. The first-order valence-electron chi connectivity index (χ1n) is 31.7. The summed E-state index contributed by atoms with van der Waals surface area (Å²) in [6.45, 7) is 0. The minimum atomic E-state index is -0.492. The number of rotatable bonds is 4. The first-order valence-corrected chi connectivity index (χ1v) is 33.4. The van der Waals surface area contributed by atoms with Gasteiger partial charge < -0.3 is 18.6 Å². The molecule has 4 aliphatic heterocycles. The van der Waals surface area contributed by atoms with Crippen molar-refractivity contribution in [2.24, 2.45) is 0 Å². The molecule has 4 aliphatic rings. The van der Waals surface area contributed by atoms with Crippen LogP contribution in [0.25, 0.3) is 76.9 Å². The van der Waals surface area contributed by atoms with Crippen LogP contribution in [0.5, 0.6) is 0 Å². The average molecular weight is 1210 g/mol. The normalized spacial score (nSPS) is 14.6. The van der Waals surface area contributed by atoms with Crippen LogP contribution in [0.2, 0.25) is 0 Å². The molecule has 0 N–H and O–H groups in total. The van der Waals surface area contributed by atoms with E-state index in [1.54, 1.807) is 0 Å². The van der Waals surface area contributed by atoms with E-state index in [1.165, 1.54) is 164 Å². The maximum Gasteiger partial charge on any atom is 0.0789 e. The average Bonchev–Trinajstić information content (AvgIpc) is 0.867. The van der Waals surface area contributed by atoms with E-state index in [4.69, 9.17) is 0 Å². The topological polar surface area (TPSA) is 15.3 Å². The van der Waals surface area contributed by atoms with Crippen LogP contribution >= 0.6 is 23.5 Å². The molecular formula is C86H52N4S2. The van der Waals surface area contributed by atoms with Gasteiger partial charge >= 0.3 is 0 Å². The van der Waals surface area contributed by atoms with Crippen molar-refractivity contribution in [2.75, 3.05) is 9.80 Å².